The first kappa shape index (κ1) is 16.2. The molecule has 0 saturated carbocycles. The number of aliphatic hydroxyl groups excluding tert-OH is 1. The van der Waals surface area contributed by atoms with E-state index in [0.29, 0.717) is 6.42 Å². The summed E-state index contributed by atoms with van der Waals surface area (Å²) in [5.74, 6) is -1.18. The van der Waals surface area contributed by atoms with E-state index >= 15 is 0 Å². The summed E-state index contributed by atoms with van der Waals surface area (Å²) < 4.78 is 13.1. The molecule has 5 heteroatoms. The first-order valence-corrected chi connectivity index (χ1v) is 5.49. The molecule has 1 aromatic carbocycles. The Morgan fingerprint density at radius 1 is 1.41 bits per heavy atom. The predicted octanol–water partition coefficient (Wildman–Crippen LogP) is 2.50. The number of phenols is 1. The van der Waals surface area contributed by atoms with E-state index in [1.165, 1.54) is 12.1 Å². The lowest BCUT2D eigenvalue weighted by Gasteiger charge is -2.20. The molecule has 0 bridgehead atoms. The van der Waals surface area contributed by atoms with Crippen molar-refractivity contribution in [2.75, 3.05) is 0 Å². The molecule has 0 aromatic heterocycles. The molecule has 0 fully saturated rings. The third kappa shape index (κ3) is 4.15. The minimum Gasteiger partial charge on any atom is -0.505 e. The Balaban J connectivity index is 0.00000256. The number of unbranched alkanes of at least 4 members (excludes halogenated alkanes) is 1. The maximum atomic E-state index is 13.1. The van der Waals surface area contributed by atoms with Crippen LogP contribution in [0.2, 0.25) is 0 Å². The van der Waals surface area contributed by atoms with E-state index in [1.807, 2.05) is 6.92 Å². The van der Waals surface area contributed by atoms with Gasteiger partial charge in [0.25, 0.3) is 0 Å². The zero-order chi connectivity index (χ0) is 12.1. The molecule has 17 heavy (non-hydrogen) atoms. The molecule has 0 amide bonds. The van der Waals surface area contributed by atoms with Crippen molar-refractivity contribution in [3.8, 4) is 5.75 Å². The molecule has 2 atom stereocenters. The van der Waals surface area contributed by atoms with Crippen molar-refractivity contribution in [1.29, 1.82) is 0 Å². The number of rotatable bonds is 5. The number of aliphatic hydroxyl groups is 1. The molecular formula is C12H19ClFNO2. The van der Waals surface area contributed by atoms with Crippen LogP contribution >= 0.6 is 12.4 Å². The number of para-hydroxylation sites is 1. The van der Waals surface area contributed by atoms with Crippen molar-refractivity contribution < 1.29 is 14.6 Å². The van der Waals surface area contributed by atoms with Crippen LogP contribution in [0, 0.1) is 5.82 Å². The molecule has 1 rings (SSSR count). The van der Waals surface area contributed by atoms with Gasteiger partial charge >= 0.3 is 0 Å². The smallest absolute Gasteiger partial charge is 0.165 e. The van der Waals surface area contributed by atoms with Crippen LogP contribution in [0.1, 0.15) is 37.8 Å². The second kappa shape index (κ2) is 7.48. The minimum absolute atomic E-state index is 0. The fourth-order valence-electron chi connectivity index (χ4n) is 1.60. The second-order valence-electron chi connectivity index (χ2n) is 3.91. The first-order chi connectivity index (χ1) is 7.57. The molecule has 0 spiro atoms. The van der Waals surface area contributed by atoms with Gasteiger partial charge in [-0.2, -0.15) is 0 Å². The summed E-state index contributed by atoms with van der Waals surface area (Å²) >= 11 is 0. The topological polar surface area (TPSA) is 66.5 Å². The van der Waals surface area contributed by atoms with Gasteiger partial charge in [0.1, 0.15) is 0 Å². The number of halogens is 2. The van der Waals surface area contributed by atoms with Gasteiger partial charge in [-0.05, 0) is 12.5 Å². The highest BCUT2D eigenvalue weighted by Gasteiger charge is 2.20. The average molecular weight is 264 g/mol. The Morgan fingerprint density at radius 2 is 2.06 bits per heavy atom. The maximum Gasteiger partial charge on any atom is 0.165 e. The third-order valence-electron chi connectivity index (χ3n) is 2.65. The minimum atomic E-state index is -0.757. The number of hydrogen-bond acceptors (Lipinski definition) is 3. The quantitative estimate of drug-likeness (QED) is 0.765. The number of aromatic hydroxyl groups is 1. The summed E-state index contributed by atoms with van der Waals surface area (Å²) in [6.07, 6.45) is 1.60. The number of phenolic OH excluding ortho intramolecular Hbond substituents is 1. The van der Waals surface area contributed by atoms with Gasteiger partial charge in [-0.3, -0.25) is 0 Å². The molecule has 1 aromatic rings. The molecule has 3 nitrogen and oxygen atoms in total. The lowest BCUT2D eigenvalue weighted by molar-refractivity contribution is 0.131. The van der Waals surface area contributed by atoms with Crippen molar-refractivity contribution in [2.24, 2.45) is 5.73 Å². The monoisotopic (exact) mass is 263 g/mol. The number of nitrogens with two attached hydrogens (primary N) is 1. The first-order valence-electron chi connectivity index (χ1n) is 5.49. The van der Waals surface area contributed by atoms with Crippen LogP contribution in [0.5, 0.6) is 5.75 Å². The van der Waals surface area contributed by atoms with Crippen molar-refractivity contribution in [2.45, 2.75) is 38.3 Å². The van der Waals surface area contributed by atoms with Gasteiger partial charge in [0.2, 0.25) is 0 Å². The summed E-state index contributed by atoms with van der Waals surface area (Å²) in [5, 5.41) is 19.2. The van der Waals surface area contributed by atoms with Crippen LogP contribution in [-0.2, 0) is 0 Å². The van der Waals surface area contributed by atoms with Gasteiger partial charge in [0.05, 0.1) is 12.1 Å². The van der Waals surface area contributed by atoms with Gasteiger partial charge in [-0.25, -0.2) is 4.39 Å². The van der Waals surface area contributed by atoms with Crippen LogP contribution in [0.15, 0.2) is 18.2 Å². The fraction of sp³-hybridized carbons (Fsp3) is 0.500. The molecule has 0 saturated heterocycles. The summed E-state index contributed by atoms with van der Waals surface area (Å²) in [5.41, 5.74) is 6.03. The van der Waals surface area contributed by atoms with Crippen LogP contribution in [0.3, 0.4) is 0 Å². The Morgan fingerprint density at radius 3 is 2.65 bits per heavy atom. The normalized spacial score (nSPS) is 13.9. The lowest BCUT2D eigenvalue weighted by atomic mass is 9.97. The molecule has 0 heterocycles. The third-order valence-corrected chi connectivity index (χ3v) is 2.65. The largest absolute Gasteiger partial charge is 0.505 e. The van der Waals surface area contributed by atoms with E-state index in [2.05, 4.69) is 0 Å². The van der Waals surface area contributed by atoms with E-state index in [9.17, 15) is 14.6 Å². The Labute approximate surface area is 107 Å². The van der Waals surface area contributed by atoms with Crippen molar-refractivity contribution >= 4 is 12.4 Å². The van der Waals surface area contributed by atoms with E-state index in [0.717, 1.165) is 18.9 Å². The zero-order valence-electron chi connectivity index (χ0n) is 9.77. The summed E-state index contributed by atoms with van der Waals surface area (Å²) in [6.45, 7) is 2.01. The second-order valence-corrected chi connectivity index (χ2v) is 3.91. The number of benzene rings is 1. The van der Waals surface area contributed by atoms with Gasteiger partial charge in [0.15, 0.2) is 11.6 Å². The van der Waals surface area contributed by atoms with E-state index < -0.39 is 23.7 Å². The summed E-state index contributed by atoms with van der Waals surface area (Å²) in [6, 6.07) is 3.40. The molecule has 0 aliphatic rings. The van der Waals surface area contributed by atoms with E-state index in [4.69, 9.17) is 5.73 Å². The van der Waals surface area contributed by atoms with Gasteiger partial charge in [-0.1, -0.05) is 31.9 Å². The van der Waals surface area contributed by atoms with Gasteiger partial charge in [0, 0.05) is 5.56 Å². The average Bonchev–Trinajstić information content (AvgIpc) is 2.28. The zero-order valence-corrected chi connectivity index (χ0v) is 10.6. The lowest BCUT2D eigenvalue weighted by Crippen LogP contribution is -2.26. The van der Waals surface area contributed by atoms with Crippen molar-refractivity contribution in [3.05, 3.63) is 29.6 Å². The van der Waals surface area contributed by atoms with E-state index in [1.54, 1.807) is 0 Å². The highest BCUT2D eigenvalue weighted by molar-refractivity contribution is 5.85. The molecule has 0 aliphatic carbocycles. The fourth-order valence-corrected chi connectivity index (χ4v) is 1.60. The predicted molar refractivity (Wildman–Crippen MR) is 67.8 cm³/mol. The van der Waals surface area contributed by atoms with Crippen LogP contribution < -0.4 is 5.73 Å². The molecule has 98 valence electrons. The summed E-state index contributed by atoms with van der Waals surface area (Å²) in [7, 11) is 0. The Kier molecular flexibility index (Phi) is 7.11. The molecule has 0 aliphatic heterocycles. The number of hydrogen-bond donors (Lipinski definition) is 3. The highest BCUT2D eigenvalue weighted by atomic mass is 35.5. The van der Waals surface area contributed by atoms with Crippen LogP contribution in [0.25, 0.3) is 0 Å². The van der Waals surface area contributed by atoms with Crippen molar-refractivity contribution in [3.63, 3.8) is 0 Å². The molecular weight excluding hydrogens is 245 g/mol. The molecule has 4 N–H and O–H groups in total. The Bertz CT molecular complexity index is 349. The van der Waals surface area contributed by atoms with Gasteiger partial charge in [-0.15, -0.1) is 12.4 Å². The van der Waals surface area contributed by atoms with Crippen LogP contribution in [-0.4, -0.2) is 16.3 Å². The van der Waals surface area contributed by atoms with Crippen molar-refractivity contribution in [1.82, 2.24) is 0 Å². The van der Waals surface area contributed by atoms with Crippen LogP contribution in [0.4, 0.5) is 4.39 Å². The molecule has 0 unspecified atom stereocenters. The summed E-state index contributed by atoms with van der Waals surface area (Å²) in [4.78, 5) is 0. The highest BCUT2D eigenvalue weighted by Crippen LogP contribution is 2.28. The van der Waals surface area contributed by atoms with E-state index in [-0.39, 0.29) is 18.0 Å². The maximum absolute atomic E-state index is 13.1. The SMILES string of the molecule is CCCC[C@H](O)[C@H](N)c1cccc(F)c1O.Cl. The van der Waals surface area contributed by atoms with Gasteiger partial charge < -0.3 is 15.9 Å². The Hall–Kier alpha value is -0.840. The standard InChI is InChI=1S/C12H18FNO2.ClH/c1-2-3-7-10(15)11(14)8-5-4-6-9(13)12(8)16;/h4-6,10-11,15-16H,2-3,7,14H2,1H3;1H/t10-,11+;/m0./s1. The molecule has 0 radical (unpaired) electrons.